The molecule has 1 unspecified atom stereocenters. The number of hydrogen-bond donors (Lipinski definition) is 2. The Morgan fingerprint density at radius 3 is 3.00 bits per heavy atom. The van der Waals surface area contributed by atoms with Gasteiger partial charge in [-0.2, -0.15) is 0 Å². The van der Waals surface area contributed by atoms with Gasteiger partial charge in [0.2, 0.25) is 11.8 Å². The van der Waals surface area contributed by atoms with E-state index in [4.69, 9.17) is 16.3 Å². The van der Waals surface area contributed by atoms with Crippen LogP contribution in [0.25, 0.3) is 0 Å². The van der Waals surface area contributed by atoms with Crippen molar-refractivity contribution in [2.45, 2.75) is 25.3 Å². The van der Waals surface area contributed by atoms with Crippen LogP contribution >= 0.6 is 36.4 Å². The smallest absolute Gasteiger partial charge is 0.232 e. The second-order valence-electron chi connectivity index (χ2n) is 4.49. The van der Waals surface area contributed by atoms with E-state index in [2.05, 4.69) is 15.6 Å². The highest BCUT2D eigenvalue weighted by Gasteiger charge is 2.17. The topological polar surface area (TPSA) is 63.2 Å². The molecule has 0 saturated carbocycles. The fourth-order valence-corrected chi connectivity index (χ4v) is 2.22. The van der Waals surface area contributed by atoms with Crippen molar-refractivity contribution in [3.63, 3.8) is 0 Å². The van der Waals surface area contributed by atoms with E-state index in [1.54, 1.807) is 18.3 Å². The molecule has 21 heavy (non-hydrogen) atoms. The van der Waals surface area contributed by atoms with Crippen LogP contribution in [0.5, 0.6) is 5.88 Å². The summed E-state index contributed by atoms with van der Waals surface area (Å²) in [5.74, 6) is 0.450. The van der Waals surface area contributed by atoms with Gasteiger partial charge in [-0.25, -0.2) is 4.98 Å². The van der Waals surface area contributed by atoms with Crippen LogP contribution < -0.4 is 15.4 Å². The highest BCUT2D eigenvalue weighted by molar-refractivity contribution is 6.31. The third-order valence-corrected chi connectivity index (χ3v) is 3.27. The zero-order valence-corrected chi connectivity index (χ0v) is 13.9. The van der Waals surface area contributed by atoms with Crippen LogP contribution in [0.3, 0.4) is 0 Å². The molecule has 8 heteroatoms. The molecule has 1 amide bonds. The van der Waals surface area contributed by atoms with E-state index >= 15 is 0 Å². The third-order valence-electron chi connectivity index (χ3n) is 2.98. The van der Waals surface area contributed by atoms with Crippen molar-refractivity contribution in [1.29, 1.82) is 0 Å². The molecule has 0 bridgehead atoms. The minimum absolute atomic E-state index is 0. The van der Waals surface area contributed by atoms with Gasteiger partial charge in [-0.1, -0.05) is 11.6 Å². The summed E-state index contributed by atoms with van der Waals surface area (Å²) in [4.78, 5) is 15.6. The number of carbonyl (C=O) groups excluding carboxylic acids is 1. The van der Waals surface area contributed by atoms with Crippen molar-refractivity contribution >= 4 is 42.3 Å². The summed E-state index contributed by atoms with van der Waals surface area (Å²) in [6.45, 7) is 1.83. The first-order valence-electron chi connectivity index (χ1n) is 6.49. The molecule has 120 valence electrons. The number of carbonyl (C=O) groups is 1. The summed E-state index contributed by atoms with van der Waals surface area (Å²) < 4.78 is 5.38. The fraction of sp³-hybridized carbons (Fsp3) is 0.538. The monoisotopic (exact) mass is 355 g/mol. The van der Waals surface area contributed by atoms with E-state index in [1.807, 2.05) is 0 Å². The van der Waals surface area contributed by atoms with Crippen molar-refractivity contribution in [2.75, 3.05) is 19.7 Å². The summed E-state index contributed by atoms with van der Waals surface area (Å²) in [5.41, 5.74) is 0. The van der Waals surface area contributed by atoms with Gasteiger partial charge in [0.15, 0.2) is 0 Å². The number of rotatable bonds is 6. The van der Waals surface area contributed by atoms with Gasteiger partial charge in [0.05, 0.1) is 6.54 Å². The highest BCUT2D eigenvalue weighted by Crippen LogP contribution is 2.19. The number of amides is 1. The minimum Gasteiger partial charge on any atom is -0.475 e. The van der Waals surface area contributed by atoms with Gasteiger partial charge in [-0.15, -0.1) is 24.8 Å². The zero-order chi connectivity index (χ0) is 13.5. The predicted octanol–water partition coefficient (Wildman–Crippen LogP) is 2.22. The predicted molar refractivity (Wildman–Crippen MR) is 87.9 cm³/mol. The molecular formula is C13H20Cl3N3O2. The van der Waals surface area contributed by atoms with Crippen LogP contribution in [0.2, 0.25) is 5.02 Å². The lowest BCUT2D eigenvalue weighted by molar-refractivity contribution is -0.121. The Hall–Kier alpha value is -0.750. The highest BCUT2D eigenvalue weighted by atomic mass is 35.5. The van der Waals surface area contributed by atoms with Gasteiger partial charge in [0.25, 0.3) is 0 Å². The van der Waals surface area contributed by atoms with Crippen LogP contribution in [0.1, 0.15) is 19.3 Å². The van der Waals surface area contributed by atoms with Crippen LogP contribution in [-0.4, -0.2) is 36.6 Å². The van der Waals surface area contributed by atoms with Crippen molar-refractivity contribution < 1.29 is 9.53 Å². The van der Waals surface area contributed by atoms with E-state index < -0.39 is 0 Å². The number of ether oxygens (including phenoxy) is 1. The lowest BCUT2D eigenvalue weighted by Gasteiger charge is -2.11. The summed E-state index contributed by atoms with van der Waals surface area (Å²) in [5, 5.41) is 6.59. The van der Waals surface area contributed by atoms with E-state index in [1.165, 1.54) is 0 Å². The van der Waals surface area contributed by atoms with E-state index in [9.17, 15) is 4.79 Å². The minimum atomic E-state index is 0. The molecule has 0 radical (unpaired) electrons. The zero-order valence-electron chi connectivity index (χ0n) is 11.5. The molecule has 0 spiro atoms. The van der Waals surface area contributed by atoms with Gasteiger partial charge in [0.1, 0.15) is 11.6 Å². The lowest BCUT2D eigenvalue weighted by Crippen LogP contribution is -2.34. The number of nitrogens with one attached hydrogen (secondary N) is 2. The average molecular weight is 357 g/mol. The normalized spacial score (nSPS) is 16.5. The Morgan fingerprint density at radius 1 is 1.52 bits per heavy atom. The molecule has 2 N–H and O–H groups in total. The van der Waals surface area contributed by atoms with E-state index in [0.717, 1.165) is 19.4 Å². The Bertz CT molecular complexity index is 429. The van der Waals surface area contributed by atoms with E-state index in [0.29, 0.717) is 36.5 Å². The first-order valence-corrected chi connectivity index (χ1v) is 6.87. The third kappa shape index (κ3) is 7.18. The first kappa shape index (κ1) is 20.2. The van der Waals surface area contributed by atoms with E-state index in [-0.39, 0.29) is 30.7 Å². The van der Waals surface area contributed by atoms with Gasteiger partial charge in [-0.3, -0.25) is 4.79 Å². The maximum Gasteiger partial charge on any atom is 0.232 e. The number of nitrogens with zero attached hydrogens (tertiary/aromatic N) is 1. The van der Waals surface area contributed by atoms with Crippen LogP contribution in [0.4, 0.5) is 0 Å². The average Bonchev–Trinajstić information content (AvgIpc) is 2.89. The van der Waals surface area contributed by atoms with Gasteiger partial charge in [-0.05, 0) is 31.5 Å². The van der Waals surface area contributed by atoms with Crippen LogP contribution in [0, 0.1) is 0 Å². The van der Waals surface area contributed by atoms with Crippen molar-refractivity contribution in [3.05, 3.63) is 23.4 Å². The lowest BCUT2D eigenvalue weighted by atomic mass is 10.1. The van der Waals surface area contributed by atoms with Crippen LogP contribution in [-0.2, 0) is 4.79 Å². The molecule has 1 aliphatic rings. The van der Waals surface area contributed by atoms with Gasteiger partial charge >= 0.3 is 0 Å². The SMILES string of the molecule is Cl.Cl.O=C(CC1CCCN1)NCCOc1ncccc1Cl. The Balaban J connectivity index is 0.00000200. The molecule has 1 atom stereocenters. The Labute approximate surface area is 142 Å². The van der Waals surface area contributed by atoms with Crippen molar-refractivity contribution in [1.82, 2.24) is 15.6 Å². The fourth-order valence-electron chi connectivity index (χ4n) is 2.04. The summed E-state index contributed by atoms with van der Waals surface area (Å²) >= 11 is 5.90. The second kappa shape index (κ2) is 10.9. The summed E-state index contributed by atoms with van der Waals surface area (Å²) in [7, 11) is 0. The molecule has 1 aromatic heterocycles. The molecule has 5 nitrogen and oxygen atoms in total. The van der Waals surface area contributed by atoms with Crippen molar-refractivity contribution in [3.8, 4) is 5.88 Å². The maximum absolute atomic E-state index is 11.6. The van der Waals surface area contributed by atoms with Crippen LogP contribution in [0.15, 0.2) is 18.3 Å². The maximum atomic E-state index is 11.6. The molecular weight excluding hydrogens is 337 g/mol. The quantitative estimate of drug-likeness (QED) is 0.767. The molecule has 0 aliphatic carbocycles. The molecule has 0 aromatic carbocycles. The Kier molecular flexibility index (Phi) is 10.5. The molecule has 1 aromatic rings. The number of pyridine rings is 1. The van der Waals surface area contributed by atoms with Gasteiger partial charge < -0.3 is 15.4 Å². The molecule has 2 heterocycles. The first-order chi connectivity index (χ1) is 9.25. The summed E-state index contributed by atoms with van der Waals surface area (Å²) in [6, 6.07) is 3.78. The Morgan fingerprint density at radius 2 is 2.33 bits per heavy atom. The number of aromatic nitrogens is 1. The second-order valence-corrected chi connectivity index (χ2v) is 4.89. The van der Waals surface area contributed by atoms with Gasteiger partial charge in [0, 0.05) is 18.7 Å². The molecule has 1 saturated heterocycles. The molecule has 1 fully saturated rings. The molecule has 2 rings (SSSR count). The largest absolute Gasteiger partial charge is 0.475 e. The molecule has 1 aliphatic heterocycles. The standard InChI is InChI=1S/C13H18ClN3O2.2ClH/c14-11-4-2-6-17-13(11)19-8-7-16-12(18)9-10-3-1-5-15-10;;/h2,4,6,10,15H,1,3,5,7-9H2,(H,16,18);2*1H. The summed E-state index contributed by atoms with van der Waals surface area (Å²) in [6.07, 6.45) is 4.38. The number of hydrogen-bond acceptors (Lipinski definition) is 4. The van der Waals surface area contributed by atoms with Crippen molar-refractivity contribution in [2.24, 2.45) is 0 Å². The number of halogens is 3.